The van der Waals surface area contributed by atoms with Gasteiger partial charge in [0, 0.05) is 48.2 Å². The van der Waals surface area contributed by atoms with E-state index in [1.165, 1.54) is 0 Å². The van der Waals surface area contributed by atoms with Crippen molar-refractivity contribution in [3.05, 3.63) is 64.9 Å². The molecule has 4 rings (SSSR count). The molecule has 3 N–H and O–H groups in total. The summed E-state index contributed by atoms with van der Waals surface area (Å²) in [5.74, 6) is 0.731. The van der Waals surface area contributed by atoms with Crippen LogP contribution in [0.2, 0.25) is 0 Å². The summed E-state index contributed by atoms with van der Waals surface area (Å²) in [6.07, 6.45) is 0.471. The molecule has 0 saturated carbocycles. The Morgan fingerprint density at radius 2 is 1.89 bits per heavy atom. The van der Waals surface area contributed by atoms with Crippen molar-refractivity contribution >= 4 is 23.3 Å². The van der Waals surface area contributed by atoms with Crippen LogP contribution in [0.4, 0.5) is 10.5 Å². The molecule has 2 atom stereocenters. The van der Waals surface area contributed by atoms with Gasteiger partial charge >= 0.3 is 6.09 Å². The van der Waals surface area contributed by atoms with Gasteiger partial charge in [0.2, 0.25) is 0 Å². The third kappa shape index (κ3) is 4.92. The monoisotopic (exact) mass is 478 g/mol. The van der Waals surface area contributed by atoms with Crippen LogP contribution in [0.25, 0.3) is 5.57 Å². The topological polar surface area (TPSA) is 97.1 Å². The molecule has 0 radical (unpaired) electrons. The lowest BCUT2D eigenvalue weighted by atomic mass is 9.90. The second kappa shape index (κ2) is 10.3. The number of nitrogens with one attached hydrogen (secondary N) is 1. The van der Waals surface area contributed by atoms with E-state index in [1.54, 1.807) is 16.9 Å². The predicted octanol–water partition coefficient (Wildman–Crippen LogP) is 4.24. The molecule has 0 aliphatic carbocycles. The number of amides is 2. The molecule has 2 heterocycles. The van der Waals surface area contributed by atoms with E-state index in [0.29, 0.717) is 31.8 Å². The maximum absolute atomic E-state index is 13.4. The van der Waals surface area contributed by atoms with Gasteiger partial charge in [0.15, 0.2) is 0 Å². The van der Waals surface area contributed by atoms with Gasteiger partial charge in [-0.15, -0.1) is 0 Å². The molecule has 2 aliphatic heterocycles. The lowest BCUT2D eigenvalue weighted by molar-refractivity contribution is 0.0412. The molecule has 8 heteroatoms. The number of nitrogens with zero attached hydrogens (tertiary/aromatic N) is 2. The second-order valence-electron chi connectivity index (χ2n) is 9.10. The molecule has 8 nitrogen and oxygen atoms in total. The highest BCUT2D eigenvalue weighted by Gasteiger charge is 2.32. The SMILES string of the molecule is CCCOC(=O)N1CCN(C(=O)c2ccc3c(c2)NC(c2ccc(OC)cc2)C(N)=C3C)CC1C. The fourth-order valence-electron chi connectivity index (χ4n) is 4.66. The summed E-state index contributed by atoms with van der Waals surface area (Å²) in [6.45, 7) is 7.70. The summed E-state index contributed by atoms with van der Waals surface area (Å²) in [5, 5.41) is 3.52. The van der Waals surface area contributed by atoms with Gasteiger partial charge in [-0.05, 0) is 55.7 Å². The molecule has 0 spiro atoms. The van der Waals surface area contributed by atoms with Gasteiger partial charge in [0.05, 0.1) is 19.8 Å². The Morgan fingerprint density at radius 3 is 2.54 bits per heavy atom. The van der Waals surface area contributed by atoms with E-state index >= 15 is 0 Å². The predicted molar refractivity (Wildman–Crippen MR) is 136 cm³/mol. The van der Waals surface area contributed by atoms with Crippen LogP contribution in [0.3, 0.4) is 0 Å². The molecule has 1 saturated heterocycles. The van der Waals surface area contributed by atoms with Crippen molar-refractivity contribution < 1.29 is 19.1 Å². The van der Waals surface area contributed by atoms with Crippen LogP contribution >= 0.6 is 0 Å². The van der Waals surface area contributed by atoms with Gasteiger partial charge in [0.1, 0.15) is 5.75 Å². The van der Waals surface area contributed by atoms with Crippen molar-refractivity contribution in [2.24, 2.45) is 5.73 Å². The number of piperazine rings is 1. The molecule has 1 fully saturated rings. The molecular weight excluding hydrogens is 444 g/mol. The number of nitrogens with two attached hydrogens (primary N) is 1. The first-order valence-corrected chi connectivity index (χ1v) is 12.1. The van der Waals surface area contributed by atoms with Crippen LogP contribution in [0, 0.1) is 0 Å². The fraction of sp³-hybridized carbons (Fsp3) is 0.407. The minimum atomic E-state index is -0.311. The molecule has 35 heavy (non-hydrogen) atoms. The summed E-state index contributed by atoms with van der Waals surface area (Å²) in [4.78, 5) is 29.1. The highest BCUT2D eigenvalue weighted by Crippen LogP contribution is 2.39. The summed E-state index contributed by atoms with van der Waals surface area (Å²) in [7, 11) is 1.64. The minimum Gasteiger partial charge on any atom is -0.497 e. The number of ether oxygens (including phenoxy) is 2. The lowest BCUT2D eigenvalue weighted by Gasteiger charge is -2.39. The number of allylic oxidation sites excluding steroid dienone is 1. The smallest absolute Gasteiger partial charge is 0.410 e. The van der Waals surface area contributed by atoms with Crippen molar-refractivity contribution in [3.63, 3.8) is 0 Å². The van der Waals surface area contributed by atoms with E-state index in [4.69, 9.17) is 15.2 Å². The summed E-state index contributed by atoms with van der Waals surface area (Å²) >= 11 is 0. The van der Waals surface area contributed by atoms with Crippen LogP contribution in [-0.2, 0) is 4.74 Å². The number of methoxy groups -OCH3 is 1. The van der Waals surface area contributed by atoms with Crippen molar-refractivity contribution in [1.29, 1.82) is 0 Å². The van der Waals surface area contributed by atoms with Crippen molar-refractivity contribution in [3.8, 4) is 5.75 Å². The van der Waals surface area contributed by atoms with Crippen molar-refractivity contribution in [1.82, 2.24) is 9.80 Å². The maximum atomic E-state index is 13.4. The van der Waals surface area contributed by atoms with Gasteiger partial charge in [-0.2, -0.15) is 0 Å². The van der Waals surface area contributed by atoms with Crippen LogP contribution in [0.5, 0.6) is 5.75 Å². The van der Waals surface area contributed by atoms with Crippen LogP contribution in [-0.4, -0.2) is 61.2 Å². The van der Waals surface area contributed by atoms with E-state index in [-0.39, 0.29) is 24.1 Å². The Bertz CT molecular complexity index is 1130. The number of anilines is 1. The maximum Gasteiger partial charge on any atom is 0.410 e. The first kappa shape index (κ1) is 24.4. The largest absolute Gasteiger partial charge is 0.497 e. The molecule has 0 aromatic heterocycles. The van der Waals surface area contributed by atoms with E-state index in [2.05, 4.69) is 5.32 Å². The Kier molecular flexibility index (Phi) is 7.19. The highest BCUT2D eigenvalue weighted by molar-refractivity contribution is 5.97. The summed E-state index contributed by atoms with van der Waals surface area (Å²) in [6, 6.07) is 13.2. The zero-order valence-electron chi connectivity index (χ0n) is 20.8. The molecule has 2 unspecified atom stereocenters. The average Bonchev–Trinajstić information content (AvgIpc) is 2.88. The highest BCUT2D eigenvalue weighted by atomic mass is 16.6. The minimum absolute atomic E-state index is 0.0517. The molecular formula is C27H34N4O4. The second-order valence-corrected chi connectivity index (χ2v) is 9.10. The third-order valence-corrected chi connectivity index (χ3v) is 6.74. The number of benzene rings is 2. The van der Waals surface area contributed by atoms with E-state index in [9.17, 15) is 9.59 Å². The Balaban J connectivity index is 1.51. The van der Waals surface area contributed by atoms with Gasteiger partial charge in [-0.3, -0.25) is 4.79 Å². The quantitative estimate of drug-likeness (QED) is 0.667. The first-order chi connectivity index (χ1) is 16.8. The normalized spacial score (nSPS) is 19.7. The zero-order chi connectivity index (χ0) is 25.1. The number of fused-ring (bicyclic) bond motifs is 1. The lowest BCUT2D eigenvalue weighted by Crippen LogP contribution is -2.55. The van der Waals surface area contributed by atoms with Crippen LogP contribution < -0.4 is 15.8 Å². The molecule has 2 aliphatic rings. The molecule has 2 amide bonds. The van der Waals surface area contributed by atoms with Gasteiger partial charge in [-0.25, -0.2) is 4.79 Å². The molecule has 186 valence electrons. The van der Waals surface area contributed by atoms with Crippen molar-refractivity contribution in [2.75, 3.05) is 38.7 Å². The summed E-state index contributed by atoms with van der Waals surface area (Å²) in [5.41, 5.74) is 11.7. The molecule has 2 aromatic rings. The van der Waals surface area contributed by atoms with E-state index in [0.717, 1.165) is 40.3 Å². The number of carbonyl (C=O) groups excluding carboxylic acids is 2. The van der Waals surface area contributed by atoms with Crippen LogP contribution in [0.15, 0.2) is 48.2 Å². The van der Waals surface area contributed by atoms with Gasteiger partial charge in [0.25, 0.3) is 5.91 Å². The third-order valence-electron chi connectivity index (χ3n) is 6.74. The standard InChI is InChI=1S/C27H34N4O4/c1-5-14-35-27(33)31-13-12-30(16-17(31)2)26(32)20-8-11-22-18(3)24(28)25(29-23(22)15-20)19-6-9-21(34-4)10-7-19/h6-11,15,17,25,29H,5,12-14,16,28H2,1-4H3. The van der Waals surface area contributed by atoms with E-state index in [1.807, 2.05) is 63.2 Å². The Hall–Kier alpha value is -3.68. The van der Waals surface area contributed by atoms with Crippen LogP contribution in [0.1, 0.15) is 54.7 Å². The average molecular weight is 479 g/mol. The fourth-order valence-corrected chi connectivity index (χ4v) is 4.66. The summed E-state index contributed by atoms with van der Waals surface area (Å²) < 4.78 is 10.5. The first-order valence-electron chi connectivity index (χ1n) is 12.1. The number of hydrogen-bond acceptors (Lipinski definition) is 6. The molecule has 0 bridgehead atoms. The number of hydrogen-bond donors (Lipinski definition) is 2. The molecule has 2 aromatic carbocycles. The zero-order valence-corrected chi connectivity index (χ0v) is 20.8. The Morgan fingerprint density at radius 1 is 1.14 bits per heavy atom. The Labute approximate surface area is 206 Å². The van der Waals surface area contributed by atoms with E-state index < -0.39 is 0 Å². The number of rotatable bonds is 5. The van der Waals surface area contributed by atoms with Gasteiger partial charge in [-0.1, -0.05) is 25.1 Å². The van der Waals surface area contributed by atoms with Crippen molar-refractivity contribution in [2.45, 2.75) is 39.3 Å². The van der Waals surface area contributed by atoms with Gasteiger partial charge < -0.3 is 30.3 Å². The number of carbonyl (C=O) groups is 2.